The van der Waals surface area contributed by atoms with Gasteiger partial charge in [-0.3, -0.25) is 4.79 Å². The number of carbonyl (C=O) groups excluding carboxylic acids is 1. The largest absolute Gasteiger partial charge is 0.377 e. The van der Waals surface area contributed by atoms with Crippen molar-refractivity contribution in [3.05, 3.63) is 11.9 Å². The van der Waals surface area contributed by atoms with Gasteiger partial charge in [0.15, 0.2) is 5.82 Å². The second kappa shape index (κ2) is 5.62. The van der Waals surface area contributed by atoms with E-state index in [0.717, 1.165) is 24.6 Å². The zero-order valence-electron chi connectivity index (χ0n) is 12.1. The molecule has 0 spiro atoms. The highest BCUT2D eigenvalue weighted by Gasteiger charge is 2.39. The molecule has 0 aliphatic carbocycles. The van der Waals surface area contributed by atoms with E-state index < -0.39 is 5.41 Å². The van der Waals surface area contributed by atoms with Crippen LogP contribution in [-0.2, 0) is 16.1 Å². The van der Waals surface area contributed by atoms with Crippen LogP contribution in [0.3, 0.4) is 0 Å². The summed E-state index contributed by atoms with van der Waals surface area (Å²) in [6.45, 7) is 3.58. The van der Waals surface area contributed by atoms with Crippen LogP contribution in [-0.4, -0.2) is 43.1 Å². The highest BCUT2D eigenvalue weighted by molar-refractivity contribution is 5.82. The van der Waals surface area contributed by atoms with Crippen LogP contribution < -0.4 is 16.0 Å². The van der Waals surface area contributed by atoms with Crippen LogP contribution in [0.2, 0.25) is 0 Å². The van der Waals surface area contributed by atoms with Gasteiger partial charge in [-0.05, 0) is 13.3 Å². The molecule has 20 heavy (non-hydrogen) atoms. The molecular weight excluding hydrogens is 258 g/mol. The second-order valence-electron chi connectivity index (χ2n) is 5.31. The summed E-state index contributed by atoms with van der Waals surface area (Å²) in [5.41, 5.74) is 4.98. The van der Waals surface area contributed by atoms with Gasteiger partial charge in [0.2, 0.25) is 5.91 Å². The molecule has 1 atom stereocenters. The maximum atomic E-state index is 11.5. The standard InChI is InChI=1S/C13H21N5O2/c1-13(12(14)19)4-5-18(8-13)11-6-9(15-2)16-10(17-11)7-20-3/h6H,4-5,7-8H2,1-3H3,(H2,14,19)(H,15,16,17). The molecule has 1 aromatic rings. The van der Waals surface area contributed by atoms with E-state index >= 15 is 0 Å². The first-order valence-corrected chi connectivity index (χ1v) is 6.58. The smallest absolute Gasteiger partial charge is 0.225 e. The molecule has 3 N–H and O–H groups in total. The first-order valence-electron chi connectivity index (χ1n) is 6.58. The Morgan fingerprint density at radius 3 is 2.90 bits per heavy atom. The molecule has 7 nitrogen and oxygen atoms in total. The minimum absolute atomic E-state index is 0.264. The number of aromatic nitrogens is 2. The molecule has 0 radical (unpaired) electrons. The van der Waals surface area contributed by atoms with Crippen LogP contribution in [0.5, 0.6) is 0 Å². The molecule has 1 saturated heterocycles. The van der Waals surface area contributed by atoms with Crippen molar-refractivity contribution in [1.29, 1.82) is 0 Å². The molecule has 7 heteroatoms. The van der Waals surface area contributed by atoms with Gasteiger partial charge < -0.3 is 20.7 Å². The monoisotopic (exact) mass is 279 g/mol. The minimum Gasteiger partial charge on any atom is -0.377 e. The fourth-order valence-corrected chi connectivity index (χ4v) is 2.32. The van der Waals surface area contributed by atoms with Crippen molar-refractivity contribution >= 4 is 17.5 Å². The number of nitrogens with zero attached hydrogens (tertiary/aromatic N) is 3. The molecule has 0 aromatic carbocycles. The van der Waals surface area contributed by atoms with Crippen LogP contribution >= 0.6 is 0 Å². The van der Waals surface area contributed by atoms with Crippen LogP contribution in [0.25, 0.3) is 0 Å². The van der Waals surface area contributed by atoms with E-state index in [1.807, 2.05) is 13.0 Å². The predicted octanol–water partition coefficient (Wildman–Crippen LogP) is 0.366. The number of hydrogen-bond donors (Lipinski definition) is 2. The Bertz CT molecular complexity index is 508. The van der Waals surface area contributed by atoms with Crippen LogP contribution in [0, 0.1) is 5.41 Å². The van der Waals surface area contributed by atoms with E-state index in [9.17, 15) is 4.79 Å². The maximum absolute atomic E-state index is 11.5. The highest BCUT2D eigenvalue weighted by Crippen LogP contribution is 2.32. The molecule has 0 bridgehead atoms. The molecule has 110 valence electrons. The lowest BCUT2D eigenvalue weighted by atomic mass is 9.89. The number of ether oxygens (including phenoxy) is 1. The lowest BCUT2D eigenvalue weighted by Gasteiger charge is -2.22. The fourth-order valence-electron chi connectivity index (χ4n) is 2.32. The van der Waals surface area contributed by atoms with Gasteiger partial charge in [0.1, 0.15) is 18.2 Å². The van der Waals surface area contributed by atoms with Crippen molar-refractivity contribution < 1.29 is 9.53 Å². The quantitative estimate of drug-likeness (QED) is 0.808. The van der Waals surface area contributed by atoms with Gasteiger partial charge in [-0.2, -0.15) is 0 Å². The second-order valence-corrected chi connectivity index (χ2v) is 5.31. The van der Waals surface area contributed by atoms with Crippen LogP contribution in [0.4, 0.5) is 11.6 Å². The van der Waals surface area contributed by atoms with Gasteiger partial charge in [-0.25, -0.2) is 9.97 Å². The minimum atomic E-state index is -0.494. The molecular formula is C13H21N5O2. The van der Waals surface area contributed by atoms with E-state index in [2.05, 4.69) is 20.2 Å². The summed E-state index contributed by atoms with van der Waals surface area (Å²) in [6.07, 6.45) is 0.737. The number of nitrogens with two attached hydrogens (primary N) is 1. The van der Waals surface area contributed by atoms with E-state index in [4.69, 9.17) is 10.5 Å². The number of hydrogen-bond acceptors (Lipinski definition) is 6. The van der Waals surface area contributed by atoms with E-state index in [1.54, 1.807) is 14.2 Å². The van der Waals surface area contributed by atoms with E-state index in [-0.39, 0.29) is 5.91 Å². The average Bonchev–Trinajstić information content (AvgIpc) is 2.83. The Balaban J connectivity index is 2.25. The van der Waals surface area contributed by atoms with E-state index in [0.29, 0.717) is 19.0 Å². The van der Waals surface area contributed by atoms with Crippen molar-refractivity contribution in [3.8, 4) is 0 Å². The summed E-state index contributed by atoms with van der Waals surface area (Å²) in [5, 5.41) is 3.01. The lowest BCUT2D eigenvalue weighted by molar-refractivity contribution is -0.125. The third-order valence-corrected chi connectivity index (χ3v) is 3.68. The zero-order valence-corrected chi connectivity index (χ0v) is 12.1. The van der Waals surface area contributed by atoms with Crippen molar-refractivity contribution in [2.75, 3.05) is 37.5 Å². The first kappa shape index (κ1) is 14.5. The fraction of sp³-hybridized carbons (Fsp3) is 0.615. The molecule has 1 fully saturated rings. The Morgan fingerprint density at radius 1 is 1.60 bits per heavy atom. The highest BCUT2D eigenvalue weighted by atomic mass is 16.5. The number of rotatable bonds is 5. The van der Waals surface area contributed by atoms with Gasteiger partial charge >= 0.3 is 0 Å². The SMILES string of the molecule is CNc1cc(N2CCC(C)(C(N)=O)C2)nc(COC)n1. The number of anilines is 2. The molecule has 1 unspecified atom stereocenters. The van der Waals surface area contributed by atoms with Gasteiger partial charge in [-0.15, -0.1) is 0 Å². The van der Waals surface area contributed by atoms with E-state index in [1.165, 1.54) is 0 Å². The van der Waals surface area contributed by atoms with Gasteiger partial charge in [0, 0.05) is 33.3 Å². The van der Waals surface area contributed by atoms with Crippen molar-refractivity contribution in [2.24, 2.45) is 11.1 Å². The predicted molar refractivity (Wildman–Crippen MR) is 76.4 cm³/mol. The first-order chi connectivity index (χ1) is 9.48. The van der Waals surface area contributed by atoms with Crippen LogP contribution in [0.15, 0.2) is 6.07 Å². The summed E-state index contributed by atoms with van der Waals surface area (Å²) in [4.78, 5) is 22.4. The summed E-state index contributed by atoms with van der Waals surface area (Å²) in [6, 6.07) is 1.87. The molecule has 0 saturated carbocycles. The number of amides is 1. The zero-order chi connectivity index (χ0) is 14.8. The summed E-state index contributed by atoms with van der Waals surface area (Å²) in [7, 11) is 3.41. The van der Waals surface area contributed by atoms with Crippen LogP contribution in [0.1, 0.15) is 19.2 Å². The molecule has 1 aliphatic rings. The Kier molecular flexibility index (Phi) is 4.08. The third kappa shape index (κ3) is 2.82. The van der Waals surface area contributed by atoms with Gasteiger partial charge in [0.25, 0.3) is 0 Å². The third-order valence-electron chi connectivity index (χ3n) is 3.68. The topological polar surface area (TPSA) is 93.4 Å². The molecule has 2 rings (SSSR count). The normalized spacial score (nSPS) is 22.1. The number of primary amides is 1. The Morgan fingerprint density at radius 2 is 2.35 bits per heavy atom. The van der Waals surface area contributed by atoms with Crippen molar-refractivity contribution in [1.82, 2.24) is 9.97 Å². The van der Waals surface area contributed by atoms with Crippen molar-refractivity contribution in [3.63, 3.8) is 0 Å². The average molecular weight is 279 g/mol. The molecule has 1 aliphatic heterocycles. The summed E-state index contributed by atoms with van der Waals surface area (Å²) in [5.74, 6) is 1.87. The number of nitrogens with one attached hydrogen (secondary N) is 1. The molecule has 1 amide bonds. The number of methoxy groups -OCH3 is 1. The van der Waals surface area contributed by atoms with Gasteiger partial charge in [-0.1, -0.05) is 0 Å². The Labute approximate surface area is 118 Å². The molecule has 2 heterocycles. The molecule has 1 aromatic heterocycles. The maximum Gasteiger partial charge on any atom is 0.225 e. The Hall–Kier alpha value is -1.89. The number of carbonyl (C=O) groups is 1. The summed E-state index contributed by atoms with van der Waals surface area (Å²) < 4.78 is 5.08. The lowest BCUT2D eigenvalue weighted by Crippen LogP contribution is -2.37. The van der Waals surface area contributed by atoms with Crippen molar-refractivity contribution in [2.45, 2.75) is 20.0 Å². The summed E-state index contributed by atoms with van der Waals surface area (Å²) >= 11 is 0. The van der Waals surface area contributed by atoms with Gasteiger partial charge in [0.05, 0.1) is 5.41 Å².